The molecule has 2 aliphatic heterocycles. The van der Waals surface area contributed by atoms with Gasteiger partial charge in [0.25, 0.3) is 5.91 Å². The summed E-state index contributed by atoms with van der Waals surface area (Å²) in [4.78, 5) is 27.1. The Labute approximate surface area is 179 Å². The summed E-state index contributed by atoms with van der Waals surface area (Å²) >= 11 is 5.82. The van der Waals surface area contributed by atoms with Gasteiger partial charge in [0.2, 0.25) is 15.6 Å². The van der Waals surface area contributed by atoms with Gasteiger partial charge in [-0.15, -0.1) is 0 Å². The van der Waals surface area contributed by atoms with E-state index in [0.29, 0.717) is 18.7 Å². The number of Topliss-reactive ketones (excluding diaryl/α,β-unsaturated/α-hetero) is 1. The number of nitrogens with zero attached hydrogens (tertiary/aromatic N) is 2. The maximum Gasteiger partial charge on any atom is 0.262 e. The Balaban J connectivity index is 1.37. The molecule has 0 bridgehead atoms. The van der Waals surface area contributed by atoms with E-state index in [9.17, 15) is 27.5 Å². The maximum atomic E-state index is 13.5. The molecular formula is C20H24ClFN2O5S. The van der Waals surface area contributed by atoms with Gasteiger partial charge in [0, 0.05) is 43.5 Å². The second kappa shape index (κ2) is 7.55. The number of amides is 1. The van der Waals surface area contributed by atoms with E-state index < -0.39 is 33.1 Å². The molecule has 1 N–H and O–H groups in total. The predicted molar refractivity (Wildman–Crippen MR) is 108 cm³/mol. The standard InChI is InChI=1S/C20H24ClFN2O5S/c1-2-30(28,29)23-10-15-16(11-23)18(15)24-6-5-20(27,19(24)26)17(25)4-3-12-7-13(21)9-14(22)8-12/h7-9,15-16,18,27H,2-6,10-11H2,1H3/t15-,16+,18?,20?. The molecule has 3 aliphatic rings. The summed E-state index contributed by atoms with van der Waals surface area (Å²) in [7, 11) is -3.25. The second-order valence-corrected chi connectivity index (χ2v) is 11.0. The number of aliphatic hydroxyl groups is 1. The fraction of sp³-hybridized carbons (Fsp3) is 0.600. The number of sulfonamides is 1. The molecule has 0 spiro atoms. The molecule has 4 atom stereocenters. The van der Waals surface area contributed by atoms with Gasteiger partial charge in [-0.3, -0.25) is 9.59 Å². The third kappa shape index (κ3) is 3.66. The fourth-order valence-electron chi connectivity index (χ4n) is 4.82. The van der Waals surface area contributed by atoms with Gasteiger partial charge < -0.3 is 10.0 Å². The van der Waals surface area contributed by atoms with Crippen LogP contribution in [-0.4, -0.2) is 71.4 Å². The lowest BCUT2D eigenvalue weighted by Crippen LogP contribution is -2.48. The molecule has 3 fully saturated rings. The highest BCUT2D eigenvalue weighted by molar-refractivity contribution is 7.89. The molecule has 2 heterocycles. The third-order valence-corrected chi connectivity index (χ3v) is 8.62. The van der Waals surface area contributed by atoms with Crippen molar-refractivity contribution in [2.75, 3.05) is 25.4 Å². The third-order valence-electron chi connectivity index (χ3n) is 6.59. The molecule has 1 aromatic carbocycles. The van der Waals surface area contributed by atoms with Crippen molar-refractivity contribution in [1.82, 2.24) is 9.21 Å². The van der Waals surface area contributed by atoms with Crippen molar-refractivity contribution in [2.45, 2.75) is 37.8 Å². The summed E-state index contributed by atoms with van der Waals surface area (Å²) < 4.78 is 38.9. The Bertz CT molecular complexity index is 971. The van der Waals surface area contributed by atoms with Gasteiger partial charge in [0.05, 0.1) is 5.75 Å². The zero-order valence-corrected chi connectivity index (χ0v) is 18.1. The van der Waals surface area contributed by atoms with Crippen molar-refractivity contribution in [2.24, 2.45) is 11.8 Å². The second-order valence-electron chi connectivity index (χ2n) is 8.35. The summed E-state index contributed by atoms with van der Waals surface area (Å²) in [5, 5.41) is 11.0. The Morgan fingerprint density at radius 2 is 1.97 bits per heavy atom. The van der Waals surface area contributed by atoms with Gasteiger partial charge in [0.1, 0.15) is 5.82 Å². The number of ketones is 1. The van der Waals surface area contributed by atoms with E-state index in [1.807, 2.05) is 0 Å². The number of hydrogen-bond acceptors (Lipinski definition) is 5. The number of halogens is 2. The monoisotopic (exact) mass is 458 g/mol. The number of aryl methyl sites for hydroxylation is 1. The summed E-state index contributed by atoms with van der Waals surface area (Å²) in [6, 6.07) is 3.86. The van der Waals surface area contributed by atoms with Crippen molar-refractivity contribution in [3.05, 3.63) is 34.6 Å². The van der Waals surface area contributed by atoms with Crippen LogP contribution in [0.15, 0.2) is 18.2 Å². The normalized spacial score (nSPS) is 31.3. The van der Waals surface area contributed by atoms with E-state index in [4.69, 9.17) is 11.6 Å². The van der Waals surface area contributed by atoms with Crippen LogP contribution in [0.25, 0.3) is 0 Å². The summed E-state index contributed by atoms with van der Waals surface area (Å²) in [6.07, 6.45) is 0.0851. The number of fused-ring (bicyclic) bond motifs is 1. The largest absolute Gasteiger partial charge is 0.373 e. The summed E-state index contributed by atoms with van der Waals surface area (Å²) in [5.41, 5.74) is -1.54. The van der Waals surface area contributed by atoms with Crippen LogP contribution >= 0.6 is 11.6 Å². The first-order valence-electron chi connectivity index (χ1n) is 10.1. The Morgan fingerprint density at radius 3 is 2.57 bits per heavy atom. The minimum absolute atomic E-state index is 0.0154. The molecule has 0 radical (unpaired) electrons. The Kier molecular flexibility index (Phi) is 5.45. The van der Waals surface area contributed by atoms with E-state index in [-0.39, 0.29) is 54.5 Å². The molecular weight excluding hydrogens is 435 g/mol. The molecule has 1 saturated carbocycles. The minimum atomic E-state index is -3.25. The lowest BCUT2D eigenvalue weighted by atomic mass is 9.92. The molecule has 2 saturated heterocycles. The van der Waals surface area contributed by atoms with Gasteiger partial charge in [0.15, 0.2) is 5.78 Å². The zero-order valence-electron chi connectivity index (χ0n) is 16.6. The van der Waals surface area contributed by atoms with E-state index in [2.05, 4.69) is 0 Å². The Hall–Kier alpha value is -1.55. The molecule has 1 aromatic rings. The lowest BCUT2D eigenvalue weighted by molar-refractivity contribution is -0.153. The molecule has 7 nitrogen and oxygen atoms in total. The first kappa shape index (κ1) is 21.7. The molecule has 10 heteroatoms. The van der Waals surface area contributed by atoms with Crippen molar-refractivity contribution < 1.29 is 27.5 Å². The van der Waals surface area contributed by atoms with E-state index >= 15 is 0 Å². The summed E-state index contributed by atoms with van der Waals surface area (Å²) in [6.45, 7) is 2.62. The summed E-state index contributed by atoms with van der Waals surface area (Å²) in [5.74, 6) is -1.54. The number of rotatable bonds is 7. The molecule has 4 rings (SSSR count). The minimum Gasteiger partial charge on any atom is -0.373 e. The number of carbonyl (C=O) groups is 2. The average Bonchev–Trinajstić information content (AvgIpc) is 3.01. The average molecular weight is 459 g/mol. The van der Waals surface area contributed by atoms with Crippen LogP contribution in [0.5, 0.6) is 0 Å². The van der Waals surface area contributed by atoms with Crippen molar-refractivity contribution in [3.8, 4) is 0 Å². The van der Waals surface area contributed by atoms with Crippen LogP contribution in [0, 0.1) is 17.7 Å². The number of benzene rings is 1. The van der Waals surface area contributed by atoms with E-state index in [1.54, 1.807) is 17.9 Å². The molecule has 1 amide bonds. The smallest absolute Gasteiger partial charge is 0.262 e. The lowest BCUT2D eigenvalue weighted by Gasteiger charge is -2.25. The number of piperidine rings is 1. The van der Waals surface area contributed by atoms with Gasteiger partial charge in [-0.1, -0.05) is 11.6 Å². The van der Waals surface area contributed by atoms with Crippen molar-refractivity contribution in [1.29, 1.82) is 0 Å². The van der Waals surface area contributed by atoms with Crippen LogP contribution in [0.4, 0.5) is 4.39 Å². The molecule has 1 aliphatic carbocycles. The highest BCUT2D eigenvalue weighted by atomic mass is 35.5. The van der Waals surface area contributed by atoms with Crippen LogP contribution in [0.3, 0.4) is 0 Å². The zero-order chi connectivity index (χ0) is 21.8. The SMILES string of the molecule is CCS(=O)(=O)N1C[C@@H]2C(N3CCC(O)(C(=O)CCc4cc(F)cc(Cl)c4)C3=O)[C@@H]2C1. The van der Waals surface area contributed by atoms with Crippen molar-refractivity contribution in [3.63, 3.8) is 0 Å². The van der Waals surface area contributed by atoms with Crippen molar-refractivity contribution >= 4 is 33.3 Å². The maximum absolute atomic E-state index is 13.5. The van der Waals surface area contributed by atoms with E-state index in [0.717, 1.165) is 6.07 Å². The van der Waals surface area contributed by atoms with E-state index in [1.165, 1.54) is 10.4 Å². The van der Waals surface area contributed by atoms with Gasteiger partial charge >= 0.3 is 0 Å². The highest BCUT2D eigenvalue weighted by Crippen LogP contribution is 2.51. The first-order chi connectivity index (χ1) is 14.1. The van der Waals surface area contributed by atoms with Gasteiger partial charge in [-0.2, -0.15) is 0 Å². The van der Waals surface area contributed by atoms with Crippen LogP contribution in [0.1, 0.15) is 25.3 Å². The fourth-order valence-corrected chi connectivity index (χ4v) is 6.23. The quantitative estimate of drug-likeness (QED) is 0.620. The first-order valence-corrected chi connectivity index (χ1v) is 12.0. The number of carbonyl (C=O) groups excluding carboxylic acids is 2. The molecule has 164 valence electrons. The Morgan fingerprint density at radius 1 is 1.30 bits per heavy atom. The highest BCUT2D eigenvalue weighted by Gasteiger charge is 2.64. The predicted octanol–water partition coefficient (Wildman–Crippen LogP) is 1.22. The number of hydrogen-bond donors (Lipinski definition) is 1. The topological polar surface area (TPSA) is 95.0 Å². The van der Waals surface area contributed by atoms with Gasteiger partial charge in [-0.05, 0) is 48.9 Å². The molecule has 2 unspecified atom stereocenters. The molecule has 0 aromatic heterocycles. The number of likely N-dealkylation sites (tertiary alicyclic amines) is 1. The van der Waals surface area contributed by atoms with Crippen LogP contribution in [-0.2, 0) is 26.0 Å². The molecule has 30 heavy (non-hydrogen) atoms. The van der Waals surface area contributed by atoms with Crippen LogP contribution < -0.4 is 0 Å². The van der Waals surface area contributed by atoms with Gasteiger partial charge in [-0.25, -0.2) is 17.1 Å². The van der Waals surface area contributed by atoms with Crippen LogP contribution in [0.2, 0.25) is 5.02 Å².